The zero-order chi connectivity index (χ0) is 16.7. The number of hydrogen-bond donors (Lipinski definition) is 1. The summed E-state index contributed by atoms with van der Waals surface area (Å²) >= 11 is 7.62. The highest BCUT2D eigenvalue weighted by Gasteiger charge is 2.44. The molecular formula is C15H11ClN6OS. The van der Waals surface area contributed by atoms with Crippen LogP contribution in [0.1, 0.15) is 17.5 Å². The lowest BCUT2D eigenvalue weighted by Crippen LogP contribution is -2.35. The van der Waals surface area contributed by atoms with E-state index in [1.807, 2.05) is 0 Å². The van der Waals surface area contributed by atoms with Gasteiger partial charge in [0.2, 0.25) is 0 Å². The number of amidine groups is 1. The fourth-order valence-corrected chi connectivity index (χ4v) is 4.08. The maximum atomic E-state index is 8.71. The second-order valence-electron chi connectivity index (χ2n) is 5.38. The highest BCUT2D eigenvalue weighted by atomic mass is 35.5. The molecule has 24 heavy (non-hydrogen) atoms. The first-order valence-corrected chi connectivity index (χ1v) is 8.50. The zero-order valence-corrected chi connectivity index (χ0v) is 13.9. The highest BCUT2D eigenvalue weighted by molar-refractivity contribution is 8.13. The van der Waals surface area contributed by atoms with Gasteiger partial charge in [0.05, 0.1) is 6.20 Å². The third kappa shape index (κ3) is 2.27. The summed E-state index contributed by atoms with van der Waals surface area (Å²) in [6, 6.07) is 7.02. The number of nitrogens with zero attached hydrogens (tertiary/aromatic N) is 5. The van der Waals surface area contributed by atoms with E-state index in [2.05, 4.69) is 15.0 Å². The number of nitrogens with two attached hydrogens (primary N) is 1. The molecule has 2 aliphatic heterocycles. The van der Waals surface area contributed by atoms with E-state index in [1.165, 1.54) is 11.8 Å². The maximum absolute atomic E-state index is 8.71. The van der Waals surface area contributed by atoms with Crippen molar-refractivity contribution >= 4 is 34.2 Å². The fraction of sp³-hybridized carbons (Fsp3) is 0.200. The van der Waals surface area contributed by atoms with Crippen LogP contribution in [-0.4, -0.2) is 15.9 Å². The summed E-state index contributed by atoms with van der Waals surface area (Å²) in [4.78, 5) is 11.7. The molecule has 9 heteroatoms. The number of azide groups is 1. The Bertz CT molecular complexity index is 926. The van der Waals surface area contributed by atoms with Gasteiger partial charge in [-0.1, -0.05) is 28.5 Å². The molecule has 0 amide bonds. The Kier molecular flexibility index (Phi) is 3.53. The first-order valence-electron chi connectivity index (χ1n) is 7.14. The van der Waals surface area contributed by atoms with Gasteiger partial charge >= 0.3 is 0 Å². The average Bonchev–Trinajstić information content (AvgIpc) is 2.57. The molecule has 2 aliphatic rings. The summed E-state index contributed by atoms with van der Waals surface area (Å²) in [6.45, 7) is 0. The van der Waals surface area contributed by atoms with Crippen LogP contribution in [0.5, 0.6) is 11.5 Å². The van der Waals surface area contributed by atoms with Gasteiger partial charge in [0.1, 0.15) is 16.4 Å². The molecule has 2 N–H and O–H groups in total. The Morgan fingerprint density at radius 1 is 1.33 bits per heavy atom. The molecule has 1 aromatic carbocycles. The summed E-state index contributed by atoms with van der Waals surface area (Å²) in [7, 11) is 0. The van der Waals surface area contributed by atoms with E-state index in [1.54, 1.807) is 30.5 Å². The predicted molar refractivity (Wildman–Crippen MR) is 94.0 cm³/mol. The van der Waals surface area contributed by atoms with Gasteiger partial charge in [0.25, 0.3) is 0 Å². The van der Waals surface area contributed by atoms with Crippen LogP contribution in [0.25, 0.3) is 10.4 Å². The van der Waals surface area contributed by atoms with Crippen molar-refractivity contribution in [2.75, 3.05) is 5.75 Å². The molecule has 7 nitrogen and oxygen atoms in total. The SMILES string of the molecule is [N-]=[N+]=Nc1ccc2c(c1)[C@@]1(CCSC(N)=N1)c1cc(Cl)ncc1O2. The van der Waals surface area contributed by atoms with E-state index in [0.717, 1.165) is 23.3 Å². The molecule has 4 rings (SSSR count). The van der Waals surface area contributed by atoms with Crippen molar-refractivity contribution in [1.82, 2.24) is 4.98 Å². The van der Waals surface area contributed by atoms with Crippen molar-refractivity contribution in [2.45, 2.75) is 12.0 Å². The van der Waals surface area contributed by atoms with E-state index in [-0.39, 0.29) is 0 Å². The van der Waals surface area contributed by atoms with Gasteiger partial charge in [-0.25, -0.2) is 9.98 Å². The summed E-state index contributed by atoms with van der Waals surface area (Å²) < 4.78 is 5.96. The van der Waals surface area contributed by atoms with Gasteiger partial charge in [0.15, 0.2) is 10.9 Å². The molecule has 2 aromatic rings. The van der Waals surface area contributed by atoms with Gasteiger partial charge in [-0.2, -0.15) is 0 Å². The Morgan fingerprint density at radius 2 is 2.17 bits per heavy atom. The first kappa shape index (κ1) is 15.1. The van der Waals surface area contributed by atoms with Crippen LogP contribution in [0.4, 0.5) is 5.69 Å². The monoisotopic (exact) mass is 358 g/mol. The number of halogens is 1. The summed E-state index contributed by atoms with van der Waals surface area (Å²) in [6.07, 6.45) is 2.32. The number of fused-ring (bicyclic) bond motifs is 4. The topological polar surface area (TPSA) is 109 Å². The van der Waals surface area contributed by atoms with E-state index < -0.39 is 5.54 Å². The van der Waals surface area contributed by atoms with Crippen molar-refractivity contribution in [3.63, 3.8) is 0 Å². The van der Waals surface area contributed by atoms with Gasteiger partial charge in [-0.05, 0) is 36.2 Å². The number of ether oxygens (including phenoxy) is 1. The molecular weight excluding hydrogens is 348 g/mol. The quantitative estimate of drug-likeness (QED) is 0.350. The van der Waals surface area contributed by atoms with Crippen molar-refractivity contribution in [3.05, 3.63) is 57.2 Å². The zero-order valence-electron chi connectivity index (χ0n) is 12.3. The number of aliphatic imine (C=N–C) groups is 1. The number of aromatic nitrogens is 1. The predicted octanol–water partition coefficient (Wildman–Crippen LogP) is 4.48. The smallest absolute Gasteiger partial charge is 0.155 e. The van der Waals surface area contributed by atoms with Crippen molar-refractivity contribution < 1.29 is 4.74 Å². The molecule has 0 saturated carbocycles. The lowest BCUT2D eigenvalue weighted by atomic mass is 9.79. The Balaban J connectivity index is 2.03. The van der Waals surface area contributed by atoms with Crippen LogP contribution in [0.2, 0.25) is 5.15 Å². The standard InChI is InChI=1S/C15H11ClN6OS/c16-13-6-10-12(7-19-13)23-11-2-1-8(21-22-18)5-9(11)15(10)3-4-24-14(17)20-15/h1-2,5-7H,3-4H2,(H2,17,20)/t15-/m0/s1. The minimum Gasteiger partial charge on any atom is -0.455 e. The van der Waals surface area contributed by atoms with Crippen LogP contribution >= 0.6 is 23.4 Å². The Hall–Kier alpha value is -2.41. The van der Waals surface area contributed by atoms with Gasteiger partial charge < -0.3 is 10.5 Å². The second-order valence-corrected chi connectivity index (χ2v) is 6.89. The van der Waals surface area contributed by atoms with Crippen molar-refractivity contribution in [1.29, 1.82) is 0 Å². The Labute approximate surface area is 146 Å². The molecule has 0 aliphatic carbocycles. The molecule has 1 aromatic heterocycles. The first-order chi connectivity index (χ1) is 11.6. The largest absolute Gasteiger partial charge is 0.455 e. The maximum Gasteiger partial charge on any atom is 0.155 e. The third-order valence-electron chi connectivity index (χ3n) is 4.08. The van der Waals surface area contributed by atoms with Gasteiger partial charge in [-0.15, -0.1) is 0 Å². The lowest BCUT2D eigenvalue weighted by Gasteiger charge is -2.39. The van der Waals surface area contributed by atoms with Crippen LogP contribution in [0, 0.1) is 0 Å². The molecule has 1 spiro atoms. The van der Waals surface area contributed by atoms with E-state index in [9.17, 15) is 0 Å². The van der Waals surface area contributed by atoms with E-state index in [0.29, 0.717) is 27.5 Å². The number of thioether (sulfide) groups is 1. The lowest BCUT2D eigenvalue weighted by molar-refractivity contribution is 0.389. The molecule has 0 bridgehead atoms. The molecule has 120 valence electrons. The average molecular weight is 359 g/mol. The normalized spacial score (nSPS) is 21.1. The fourth-order valence-electron chi connectivity index (χ4n) is 3.10. The number of hydrogen-bond acceptors (Lipinski definition) is 6. The molecule has 0 fully saturated rings. The van der Waals surface area contributed by atoms with Crippen LogP contribution in [-0.2, 0) is 5.54 Å². The molecule has 3 heterocycles. The van der Waals surface area contributed by atoms with E-state index >= 15 is 0 Å². The number of rotatable bonds is 1. The summed E-state index contributed by atoms with van der Waals surface area (Å²) in [5, 5.41) is 4.55. The van der Waals surface area contributed by atoms with Crippen molar-refractivity contribution in [2.24, 2.45) is 15.8 Å². The van der Waals surface area contributed by atoms with Gasteiger partial charge in [0, 0.05) is 27.5 Å². The third-order valence-corrected chi connectivity index (χ3v) is 5.09. The van der Waals surface area contributed by atoms with Crippen LogP contribution in [0.3, 0.4) is 0 Å². The summed E-state index contributed by atoms with van der Waals surface area (Å²) in [5.41, 5.74) is 16.1. The minimum absolute atomic E-state index is 0.360. The molecule has 1 atom stereocenters. The van der Waals surface area contributed by atoms with Crippen molar-refractivity contribution in [3.8, 4) is 11.5 Å². The van der Waals surface area contributed by atoms with Crippen LogP contribution in [0.15, 0.2) is 40.6 Å². The van der Waals surface area contributed by atoms with E-state index in [4.69, 9.17) is 32.6 Å². The summed E-state index contributed by atoms with van der Waals surface area (Å²) in [5.74, 6) is 2.05. The highest BCUT2D eigenvalue weighted by Crippen LogP contribution is 2.53. The Morgan fingerprint density at radius 3 is 2.96 bits per heavy atom. The molecule has 0 radical (unpaired) electrons. The van der Waals surface area contributed by atoms with Gasteiger partial charge in [-0.3, -0.25) is 0 Å². The number of pyridine rings is 1. The molecule has 0 unspecified atom stereocenters. The second kappa shape index (κ2) is 5.59. The number of benzene rings is 1. The minimum atomic E-state index is -0.716. The van der Waals surface area contributed by atoms with Crippen LogP contribution < -0.4 is 10.5 Å². The molecule has 0 saturated heterocycles.